The maximum Gasteiger partial charge on any atom is 0.203 e. The predicted octanol–water partition coefficient (Wildman–Crippen LogP) is 6.41. The highest BCUT2D eigenvalue weighted by Crippen LogP contribution is 2.01. The van der Waals surface area contributed by atoms with Crippen molar-refractivity contribution in [2.45, 2.75) is 71.1 Å². The summed E-state index contributed by atoms with van der Waals surface area (Å²) >= 11 is 0. The highest BCUT2D eigenvalue weighted by atomic mass is 16.6. The van der Waals surface area contributed by atoms with Crippen LogP contribution in [0.4, 0.5) is 0 Å². The first-order valence-electron chi connectivity index (χ1n) is 8.99. The fourth-order valence-corrected chi connectivity index (χ4v) is 2.06. The Morgan fingerprint density at radius 3 is 1.57 bits per heavy atom. The van der Waals surface area contributed by atoms with Gasteiger partial charge in [0.15, 0.2) is 0 Å². The molecule has 0 atom stereocenters. The van der Waals surface area contributed by atoms with Crippen LogP contribution in [0.15, 0.2) is 48.6 Å². The first-order chi connectivity index (χ1) is 11.3. The molecule has 3 heteroatoms. The average Bonchev–Trinajstić information content (AvgIpc) is 2.53. The Hall–Kier alpha value is -1.64. The molecule has 0 aromatic carbocycles. The first kappa shape index (κ1) is 21.4. The Bertz CT molecular complexity index is 381. The maximum atomic E-state index is 10.1. The van der Waals surface area contributed by atoms with Crippen molar-refractivity contribution in [1.29, 1.82) is 0 Å². The van der Waals surface area contributed by atoms with Crippen LogP contribution in [0, 0.1) is 10.1 Å². The van der Waals surface area contributed by atoms with Crippen molar-refractivity contribution in [3.05, 3.63) is 58.7 Å². The van der Waals surface area contributed by atoms with E-state index in [1.54, 1.807) is 0 Å². The summed E-state index contributed by atoms with van der Waals surface area (Å²) in [5.74, 6) is 0. The molecule has 0 spiro atoms. The Morgan fingerprint density at radius 2 is 1.13 bits per heavy atom. The summed E-state index contributed by atoms with van der Waals surface area (Å²) in [6, 6.07) is 0. The van der Waals surface area contributed by atoms with Gasteiger partial charge in [-0.15, -0.1) is 0 Å². The fourth-order valence-electron chi connectivity index (χ4n) is 2.06. The van der Waals surface area contributed by atoms with Crippen molar-refractivity contribution in [1.82, 2.24) is 0 Å². The molecule has 0 aromatic heterocycles. The second kappa shape index (κ2) is 18.4. The van der Waals surface area contributed by atoms with E-state index in [-0.39, 0.29) is 11.5 Å². The van der Waals surface area contributed by atoms with Gasteiger partial charge in [0.2, 0.25) is 6.54 Å². The van der Waals surface area contributed by atoms with Crippen molar-refractivity contribution in [3.63, 3.8) is 0 Å². The second-order valence-corrected chi connectivity index (χ2v) is 5.64. The van der Waals surface area contributed by atoms with E-state index in [1.807, 2.05) is 0 Å². The molecule has 0 rings (SSSR count). The summed E-state index contributed by atoms with van der Waals surface area (Å²) in [7, 11) is 0. The number of hydrogen-bond acceptors (Lipinski definition) is 2. The van der Waals surface area contributed by atoms with Crippen LogP contribution in [0.2, 0.25) is 0 Å². The van der Waals surface area contributed by atoms with E-state index in [1.165, 1.54) is 25.7 Å². The van der Waals surface area contributed by atoms with Gasteiger partial charge < -0.3 is 0 Å². The van der Waals surface area contributed by atoms with Crippen LogP contribution in [-0.2, 0) is 0 Å². The summed E-state index contributed by atoms with van der Waals surface area (Å²) in [6.45, 7) is 2.32. The molecule has 0 N–H and O–H groups in total. The van der Waals surface area contributed by atoms with Crippen molar-refractivity contribution < 1.29 is 4.92 Å². The molecule has 0 amide bonds. The third-order valence-corrected chi connectivity index (χ3v) is 3.42. The van der Waals surface area contributed by atoms with Crippen LogP contribution >= 0.6 is 0 Å². The Kier molecular flexibility index (Phi) is 17.1. The number of hydrogen-bond donors (Lipinski definition) is 0. The largest absolute Gasteiger partial charge is 0.265 e. The van der Waals surface area contributed by atoms with Gasteiger partial charge in [-0.05, 0) is 44.9 Å². The molecule has 0 radical (unpaired) electrons. The van der Waals surface area contributed by atoms with Gasteiger partial charge in [0, 0.05) is 11.3 Å². The zero-order valence-corrected chi connectivity index (χ0v) is 14.7. The van der Waals surface area contributed by atoms with Crippen LogP contribution < -0.4 is 0 Å². The molecule has 23 heavy (non-hydrogen) atoms. The first-order valence-corrected chi connectivity index (χ1v) is 8.99. The minimum atomic E-state index is -0.248. The van der Waals surface area contributed by atoms with E-state index in [0.29, 0.717) is 6.42 Å². The monoisotopic (exact) mass is 319 g/mol. The Balaban J connectivity index is 3.39. The predicted molar refractivity (Wildman–Crippen MR) is 100 cm³/mol. The van der Waals surface area contributed by atoms with Crippen LogP contribution in [0.25, 0.3) is 0 Å². The molecule has 0 aliphatic carbocycles. The Labute approximate surface area is 142 Å². The maximum absolute atomic E-state index is 10.1. The van der Waals surface area contributed by atoms with Gasteiger partial charge in [-0.2, -0.15) is 0 Å². The third-order valence-electron chi connectivity index (χ3n) is 3.42. The lowest BCUT2D eigenvalue weighted by Gasteiger charge is -1.91. The molecule has 0 saturated carbocycles. The minimum absolute atomic E-state index is 0.0913. The quantitative estimate of drug-likeness (QED) is 0.151. The van der Waals surface area contributed by atoms with E-state index in [9.17, 15) is 10.1 Å². The van der Waals surface area contributed by atoms with Gasteiger partial charge in [0.25, 0.3) is 0 Å². The summed E-state index contributed by atoms with van der Waals surface area (Å²) in [5, 5.41) is 10.1. The van der Waals surface area contributed by atoms with Crippen molar-refractivity contribution >= 4 is 0 Å². The molecule has 0 fully saturated rings. The standard InChI is InChI=1S/C20H33NO2/c1-2-3-4-5-6-7-8-9-10-11-12-13-14-15-16-17-18-19-20-21(22)23/h6-7,9-10,12-13,15-16H,2-5,8,11,14,17-20H2,1H3/b7-6+,10-9+,13-12+,16-15+. The number of unbranched alkanes of at least 4 members (excludes halogenated alkanes) is 5. The average molecular weight is 319 g/mol. The zero-order valence-electron chi connectivity index (χ0n) is 14.7. The summed E-state index contributed by atoms with van der Waals surface area (Å²) in [4.78, 5) is 9.89. The van der Waals surface area contributed by atoms with E-state index in [2.05, 4.69) is 55.5 Å². The van der Waals surface area contributed by atoms with Gasteiger partial charge >= 0.3 is 0 Å². The number of nitro groups is 1. The third kappa shape index (κ3) is 20.4. The van der Waals surface area contributed by atoms with Crippen molar-refractivity contribution in [2.75, 3.05) is 6.54 Å². The lowest BCUT2D eigenvalue weighted by Crippen LogP contribution is -1.99. The molecule has 0 aromatic rings. The summed E-state index contributed by atoms with van der Waals surface area (Å²) in [5.41, 5.74) is 0. The van der Waals surface area contributed by atoms with E-state index >= 15 is 0 Å². The molecule has 130 valence electrons. The van der Waals surface area contributed by atoms with Crippen LogP contribution in [-0.4, -0.2) is 11.5 Å². The molecule has 0 aliphatic heterocycles. The Morgan fingerprint density at radius 1 is 0.696 bits per heavy atom. The topological polar surface area (TPSA) is 43.1 Å². The summed E-state index contributed by atoms with van der Waals surface area (Å²) in [6.07, 6.45) is 28.1. The van der Waals surface area contributed by atoms with Crippen LogP contribution in [0.1, 0.15) is 71.1 Å². The molecule has 3 nitrogen and oxygen atoms in total. The number of nitrogens with zero attached hydrogens (tertiary/aromatic N) is 1. The smallest absolute Gasteiger partial charge is 0.203 e. The van der Waals surface area contributed by atoms with Gasteiger partial charge in [-0.25, -0.2) is 0 Å². The highest BCUT2D eigenvalue weighted by Gasteiger charge is 1.93. The number of allylic oxidation sites excluding steroid dienone is 8. The van der Waals surface area contributed by atoms with Gasteiger partial charge in [0.1, 0.15) is 0 Å². The lowest BCUT2D eigenvalue weighted by atomic mass is 10.2. The van der Waals surface area contributed by atoms with E-state index < -0.39 is 0 Å². The molecule has 0 unspecified atom stereocenters. The van der Waals surface area contributed by atoms with Crippen molar-refractivity contribution in [3.8, 4) is 0 Å². The zero-order chi connectivity index (χ0) is 17.0. The second-order valence-electron chi connectivity index (χ2n) is 5.64. The molecule has 0 aliphatic rings. The minimum Gasteiger partial charge on any atom is -0.265 e. The van der Waals surface area contributed by atoms with Gasteiger partial charge in [0.05, 0.1) is 0 Å². The van der Waals surface area contributed by atoms with E-state index in [0.717, 1.165) is 32.1 Å². The van der Waals surface area contributed by atoms with Crippen LogP contribution in [0.3, 0.4) is 0 Å². The van der Waals surface area contributed by atoms with Gasteiger partial charge in [-0.3, -0.25) is 10.1 Å². The molecule has 0 saturated heterocycles. The van der Waals surface area contributed by atoms with Gasteiger partial charge in [-0.1, -0.05) is 68.4 Å². The molecule has 0 heterocycles. The fraction of sp³-hybridized carbons (Fsp3) is 0.600. The SMILES string of the molecule is CCCCC/C=C/C/C=C/C/C=C/C/C=C/CCCC[N+](=O)[O-]. The number of rotatable bonds is 15. The molecule has 0 bridgehead atoms. The van der Waals surface area contributed by atoms with Crippen molar-refractivity contribution in [2.24, 2.45) is 0 Å². The normalized spacial score (nSPS) is 12.4. The summed E-state index contributed by atoms with van der Waals surface area (Å²) < 4.78 is 0. The van der Waals surface area contributed by atoms with Crippen LogP contribution in [0.5, 0.6) is 0 Å². The molecular formula is C20H33NO2. The highest BCUT2D eigenvalue weighted by molar-refractivity contribution is 4.99. The van der Waals surface area contributed by atoms with E-state index in [4.69, 9.17) is 0 Å². The molecular weight excluding hydrogens is 286 g/mol. The lowest BCUT2D eigenvalue weighted by molar-refractivity contribution is -0.480.